The quantitative estimate of drug-likeness (QED) is 0.603. The van der Waals surface area contributed by atoms with Gasteiger partial charge < -0.3 is 16.2 Å². The van der Waals surface area contributed by atoms with Crippen LogP contribution in [0.3, 0.4) is 0 Å². The van der Waals surface area contributed by atoms with Crippen molar-refractivity contribution in [3.63, 3.8) is 0 Å². The van der Waals surface area contributed by atoms with Gasteiger partial charge in [-0.25, -0.2) is 0 Å². The molecule has 1 fully saturated rings. The number of carbonyl (C=O) groups excluding carboxylic acids is 1. The number of hydrogen-bond donors (Lipinski definition) is 2. The molecule has 0 saturated carbocycles. The SMILES string of the molecule is CC1(C)OCCC1(N)CC(N)=O. The molecule has 0 aromatic carbocycles. The number of amides is 1. The van der Waals surface area contributed by atoms with E-state index in [9.17, 15) is 4.79 Å². The Kier molecular flexibility index (Phi) is 2.14. The molecule has 0 aromatic heterocycles. The molecule has 4 nitrogen and oxygen atoms in total. The minimum atomic E-state index is -0.584. The fraction of sp³-hybridized carbons (Fsp3) is 0.875. The predicted molar refractivity (Wildman–Crippen MR) is 45.4 cm³/mol. The Morgan fingerprint density at radius 1 is 1.58 bits per heavy atom. The number of hydrogen-bond acceptors (Lipinski definition) is 3. The van der Waals surface area contributed by atoms with E-state index >= 15 is 0 Å². The van der Waals surface area contributed by atoms with Gasteiger partial charge in [0.05, 0.1) is 11.1 Å². The highest BCUT2D eigenvalue weighted by atomic mass is 16.5. The molecule has 4 N–H and O–H groups in total. The van der Waals surface area contributed by atoms with Gasteiger partial charge in [0.1, 0.15) is 0 Å². The Morgan fingerprint density at radius 2 is 2.17 bits per heavy atom. The van der Waals surface area contributed by atoms with Crippen molar-refractivity contribution in [3.05, 3.63) is 0 Å². The predicted octanol–water partition coefficient (Wildman–Crippen LogP) is -0.242. The number of ether oxygens (including phenoxy) is 1. The van der Waals surface area contributed by atoms with Gasteiger partial charge in [-0.05, 0) is 20.3 Å². The van der Waals surface area contributed by atoms with Gasteiger partial charge in [-0.15, -0.1) is 0 Å². The second-order valence-electron chi connectivity index (χ2n) is 3.91. The second kappa shape index (κ2) is 2.71. The van der Waals surface area contributed by atoms with Gasteiger partial charge in [-0.2, -0.15) is 0 Å². The van der Waals surface area contributed by atoms with Crippen LogP contribution in [0.25, 0.3) is 0 Å². The number of rotatable bonds is 2. The van der Waals surface area contributed by atoms with E-state index in [0.29, 0.717) is 13.0 Å². The lowest BCUT2D eigenvalue weighted by Gasteiger charge is -2.35. The molecule has 1 amide bonds. The van der Waals surface area contributed by atoms with E-state index in [4.69, 9.17) is 16.2 Å². The van der Waals surface area contributed by atoms with Crippen molar-refractivity contribution in [1.82, 2.24) is 0 Å². The van der Waals surface area contributed by atoms with Gasteiger partial charge in [0, 0.05) is 13.0 Å². The molecule has 0 spiro atoms. The minimum absolute atomic E-state index is 0.194. The summed E-state index contributed by atoms with van der Waals surface area (Å²) >= 11 is 0. The van der Waals surface area contributed by atoms with Crippen molar-refractivity contribution in [2.45, 2.75) is 37.8 Å². The van der Waals surface area contributed by atoms with Crippen LogP contribution in [0.4, 0.5) is 0 Å². The largest absolute Gasteiger partial charge is 0.374 e. The molecular formula is C8H16N2O2. The zero-order valence-corrected chi connectivity index (χ0v) is 7.59. The third-order valence-electron chi connectivity index (χ3n) is 2.70. The molecule has 1 unspecified atom stereocenters. The van der Waals surface area contributed by atoms with E-state index in [-0.39, 0.29) is 12.3 Å². The summed E-state index contributed by atoms with van der Waals surface area (Å²) in [6.07, 6.45) is 0.892. The van der Waals surface area contributed by atoms with E-state index in [0.717, 1.165) is 0 Å². The summed E-state index contributed by atoms with van der Waals surface area (Å²) in [5.74, 6) is -0.365. The number of carbonyl (C=O) groups is 1. The molecule has 0 bridgehead atoms. The normalized spacial score (nSPS) is 33.6. The maximum Gasteiger partial charge on any atom is 0.219 e. The van der Waals surface area contributed by atoms with E-state index < -0.39 is 11.1 Å². The molecule has 1 rings (SSSR count). The summed E-state index contributed by atoms with van der Waals surface area (Å²) in [4.78, 5) is 10.7. The standard InChI is InChI=1S/C8H16N2O2/c1-7(2)8(10,3-4-12-7)5-6(9)11/h3-5,10H2,1-2H3,(H2,9,11). The van der Waals surface area contributed by atoms with E-state index in [1.54, 1.807) is 0 Å². The van der Waals surface area contributed by atoms with E-state index in [1.165, 1.54) is 0 Å². The van der Waals surface area contributed by atoms with Crippen molar-refractivity contribution in [2.75, 3.05) is 6.61 Å². The molecule has 12 heavy (non-hydrogen) atoms. The maximum absolute atomic E-state index is 10.7. The fourth-order valence-corrected chi connectivity index (χ4v) is 1.55. The van der Waals surface area contributed by atoms with Crippen LogP contribution in [-0.4, -0.2) is 23.7 Å². The first kappa shape index (κ1) is 9.48. The summed E-state index contributed by atoms with van der Waals surface area (Å²) in [7, 11) is 0. The Balaban J connectivity index is 2.75. The van der Waals surface area contributed by atoms with Crippen molar-refractivity contribution >= 4 is 5.91 Å². The summed E-state index contributed by atoms with van der Waals surface area (Å²) in [6, 6.07) is 0. The Bertz CT molecular complexity index is 203. The molecule has 0 aliphatic carbocycles. The third-order valence-corrected chi connectivity index (χ3v) is 2.70. The van der Waals surface area contributed by atoms with Gasteiger partial charge >= 0.3 is 0 Å². The summed E-state index contributed by atoms with van der Waals surface area (Å²) in [5, 5.41) is 0. The van der Waals surface area contributed by atoms with Gasteiger partial charge in [-0.1, -0.05) is 0 Å². The molecule has 4 heteroatoms. The van der Waals surface area contributed by atoms with Crippen LogP contribution in [0.5, 0.6) is 0 Å². The topological polar surface area (TPSA) is 78.3 Å². The van der Waals surface area contributed by atoms with E-state index in [1.807, 2.05) is 13.8 Å². The smallest absolute Gasteiger partial charge is 0.219 e. The van der Waals surface area contributed by atoms with Crippen molar-refractivity contribution in [2.24, 2.45) is 11.5 Å². The average Bonchev–Trinajstić information content (AvgIpc) is 2.05. The molecule has 0 radical (unpaired) electrons. The van der Waals surface area contributed by atoms with Gasteiger partial charge in [0.15, 0.2) is 0 Å². The lowest BCUT2D eigenvalue weighted by molar-refractivity contribution is -0.120. The minimum Gasteiger partial charge on any atom is -0.374 e. The molecule has 0 aromatic rings. The van der Waals surface area contributed by atoms with E-state index in [2.05, 4.69) is 0 Å². The van der Waals surface area contributed by atoms with Crippen LogP contribution >= 0.6 is 0 Å². The zero-order valence-electron chi connectivity index (χ0n) is 7.59. The highest BCUT2D eigenvalue weighted by Gasteiger charge is 2.48. The number of primary amides is 1. The van der Waals surface area contributed by atoms with Crippen molar-refractivity contribution in [1.29, 1.82) is 0 Å². The molecule has 1 aliphatic rings. The highest BCUT2D eigenvalue weighted by Crippen LogP contribution is 2.35. The molecule has 70 valence electrons. The van der Waals surface area contributed by atoms with Crippen LogP contribution in [-0.2, 0) is 9.53 Å². The maximum atomic E-state index is 10.7. The van der Waals surface area contributed by atoms with Crippen LogP contribution in [0, 0.1) is 0 Å². The Labute approximate surface area is 72.2 Å². The molecule has 1 aliphatic heterocycles. The lowest BCUT2D eigenvalue weighted by Crippen LogP contribution is -2.55. The Hall–Kier alpha value is -0.610. The van der Waals surface area contributed by atoms with Gasteiger partial charge in [-0.3, -0.25) is 4.79 Å². The van der Waals surface area contributed by atoms with Crippen LogP contribution in [0.15, 0.2) is 0 Å². The van der Waals surface area contributed by atoms with Crippen LogP contribution in [0.1, 0.15) is 26.7 Å². The summed E-state index contributed by atoms with van der Waals surface area (Å²) in [6.45, 7) is 4.39. The summed E-state index contributed by atoms with van der Waals surface area (Å²) < 4.78 is 5.42. The molecule has 1 saturated heterocycles. The highest BCUT2D eigenvalue weighted by molar-refractivity contribution is 5.75. The molecule has 1 heterocycles. The Morgan fingerprint density at radius 3 is 2.50 bits per heavy atom. The fourth-order valence-electron chi connectivity index (χ4n) is 1.55. The first-order valence-electron chi connectivity index (χ1n) is 4.08. The van der Waals surface area contributed by atoms with Crippen LogP contribution in [0.2, 0.25) is 0 Å². The lowest BCUT2D eigenvalue weighted by atomic mass is 9.80. The monoisotopic (exact) mass is 172 g/mol. The van der Waals surface area contributed by atoms with Crippen LogP contribution < -0.4 is 11.5 Å². The third kappa shape index (κ3) is 1.44. The molecule has 1 atom stereocenters. The first-order chi connectivity index (χ1) is 5.37. The number of nitrogens with two attached hydrogens (primary N) is 2. The first-order valence-corrected chi connectivity index (χ1v) is 4.08. The van der Waals surface area contributed by atoms with Crippen molar-refractivity contribution < 1.29 is 9.53 Å². The molecular weight excluding hydrogens is 156 g/mol. The second-order valence-corrected chi connectivity index (χ2v) is 3.91. The van der Waals surface area contributed by atoms with Crippen molar-refractivity contribution in [3.8, 4) is 0 Å². The summed E-state index contributed by atoms with van der Waals surface area (Å²) in [5.41, 5.74) is 10.1. The van der Waals surface area contributed by atoms with Gasteiger partial charge in [0.25, 0.3) is 0 Å². The average molecular weight is 172 g/mol. The van der Waals surface area contributed by atoms with Gasteiger partial charge in [0.2, 0.25) is 5.91 Å². The zero-order chi connectivity index (χ0) is 9.41.